The Balaban J connectivity index is 2.03. The molecule has 0 saturated heterocycles. The summed E-state index contributed by atoms with van der Waals surface area (Å²) < 4.78 is 0. The lowest BCUT2D eigenvalue weighted by Gasteiger charge is -2.19. The summed E-state index contributed by atoms with van der Waals surface area (Å²) in [5.41, 5.74) is 5.40. The van der Waals surface area contributed by atoms with Gasteiger partial charge in [0.05, 0.1) is 6.04 Å². The first-order valence-corrected chi connectivity index (χ1v) is 5.79. The van der Waals surface area contributed by atoms with Crippen molar-refractivity contribution in [3.8, 4) is 0 Å². The van der Waals surface area contributed by atoms with E-state index < -0.39 is 0 Å². The third kappa shape index (κ3) is 2.87. The molecule has 1 aliphatic rings. The molecule has 1 aliphatic carbocycles. The highest BCUT2D eigenvalue weighted by molar-refractivity contribution is 5.15. The van der Waals surface area contributed by atoms with Gasteiger partial charge in [-0.2, -0.15) is 0 Å². The Morgan fingerprint density at radius 2 is 2.12 bits per heavy atom. The number of nitrogens with zero attached hydrogens (tertiary/aromatic N) is 2. The molecule has 0 aliphatic heterocycles. The van der Waals surface area contributed by atoms with Crippen LogP contribution in [0, 0.1) is 0 Å². The van der Waals surface area contributed by atoms with Gasteiger partial charge in [-0.05, 0) is 32.1 Å². The van der Waals surface area contributed by atoms with Crippen LogP contribution in [0.2, 0.25) is 0 Å². The van der Waals surface area contributed by atoms with Crippen molar-refractivity contribution in [3.05, 3.63) is 35.9 Å². The van der Waals surface area contributed by atoms with Crippen molar-refractivity contribution in [1.29, 1.82) is 0 Å². The Kier molecular flexibility index (Phi) is 4.02. The Morgan fingerprint density at radius 1 is 1.31 bits per heavy atom. The Morgan fingerprint density at radius 3 is 2.75 bits per heavy atom. The minimum absolute atomic E-state index is 0.130. The minimum atomic E-state index is 0.130. The fraction of sp³-hybridized carbons (Fsp3) is 0.500. The smallest absolute Gasteiger partial charge is 0.115 e. The fourth-order valence-corrected chi connectivity index (χ4v) is 2.12. The molecule has 2 rings (SSSR count). The van der Waals surface area contributed by atoms with E-state index in [1.165, 1.54) is 37.6 Å². The molecule has 4 heteroatoms. The average Bonchev–Trinajstić information content (AvgIpc) is 2.38. The molecule has 1 unspecified atom stereocenters. The summed E-state index contributed by atoms with van der Waals surface area (Å²) in [4.78, 5) is 8.04. The maximum atomic E-state index is 5.59. The third-order valence-corrected chi connectivity index (χ3v) is 3.04. The van der Waals surface area contributed by atoms with Crippen LogP contribution in [0.3, 0.4) is 0 Å². The Labute approximate surface area is 96.0 Å². The molecule has 16 heavy (non-hydrogen) atoms. The zero-order valence-corrected chi connectivity index (χ0v) is 9.39. The fourth-order valence-electron chi connectivity index (χ4n) is 2.12. The monoisotopic (exact) mass is 218 g/mol. The van der Waals surface area contributed by atoms with Gasteiger partial charge in [-0.1, -0.05) is 11.6 Å². The standard InChI is InChI=1S/C12H18N4/c13-16-12(11-7-14-9-15-8-11)6-10-4-2-1-3-5-10/h4,7-9,12,16H,1-3,5-6,13H2. The maximum absolute atomic E-state index is 5.59. The van der Waals surface area contributed by atoms with Gasteiger partial charge in [0.2, 0.25) is 0 Å². The molecule has 0 amide bonds. The van der Waals surface area contributed by atoms with Gasteiger partial charge >= 0.3 is 0 Å². The molecular weight excluding hydrogens is 200 g/mol. The number of aromatic nitrogens is 2. The number of hydrazine groups is 1. The SMILES string of the molecule is NNC(CC1=CCCCC1)c1cncnc1. The molecule has 86 valence electrons. The lowest BCUT2D eigenvalue weighted by atomic mass is 9.93. The van der Waals surface area contributed by atoms with E-state index >= 15 is 0 Å². The van der Waals surface area contributed by atoms with Gasteiger partial charge in [-0.3, -0.25) is 11.3 Å². The molecule has 1 atom stereocenters. The van der Waals surface area contributed by atoms with Gasteiger partial charge in [-0.15, -0.1) is 0 Å². The Hall–Kier alpha value is -1.26. The van der Waals surface area contributed by atoms with E-state index in [0.717, 1.165) is 12.0 Å². The molecule has 0 saturated carbocycles. The number of rotatable bonds is 4. The topological polar surface area (TPSA) is 63.8 Å². The predicted octanol–water partition coefficient (Wildman–Crippen LogP) is 1.87. The highest BCUT2D eigenvalue weighted by atomic mass is 15.2. The van der Waals surface area contributed by atoms with Crippen LogP contribution in [0.4, 0.5) is 0 Å². The normalized spacial score (nSPS) is 17.9. The van der Waals surface area contributed by atoms with Crippen molar-refractivity contribution in [2.75, 3.05) is 0 Å². The molecule has 0 bridgehead atoms. The van der Waals surface area contributed by atoms with Gasteiger partial charge in [0, 0.05) is 18.0 Å². The van der Waals surface area contributed by atoms with E-state index in [-0.39, 0.29) is 6.04 Å². The van der Waals surface area contributed by atoms with Gasteiger partial charge in [0.1, 0.15) is 6.33 Å². The van der Waals surface area contributed by atoms with Gasteiger partial charge in [0.25, 0.3) is 0 Å². The predicted molar refractivity (Wildman–Crippen MR) is 63.3 cm³/mol. The molecule has 1 heterocycles. The minimum Gasteiger partial charge on any atom is -0.271 e. The highest BCUT2D eigenvalue weighted by Gasteiger charge is 2.13. The van der Waals surface area contributed by atoms with Crippen molar-refractivity contribution >= 4 is 0 Å². The van der Waals surface area contributed by atoms with Gasteiger partial charge in [0.15, 0.2) is 0 Å². The van der Waals surface area contributed by atoms with Crippen LogP contribution in [-0.2, 0) is 0 Å². The van der Waals surface area contributed by atoms with Crippen LogP contribution in [-0.4, -0.2) is 9.97 Å². The molecule has 0 radical (unpaired) electrons. The van der Waals surface area contributed by atoms with Crippen LogP contribution in [0.15, 0.2) is 30.4 Å². The lowest BCUT2D eigenvalue weighted by molar-refractivity contribution is 0.526. The van der Waals surface area contributed by atoms with E-state index in [0.29, 0.717) is 0 Å². The number of nitrogens with two attached hydrogens (primary N) is 1. The van der Waals surface area contributed by atoms with E-state index in [2.05, 4.69) is 21.5 Å². The third-order valence-electron chi connectivity index (χ3n) is 3.04. The first-order valence-electron chi connectivity index (χ1n) is 5.79. The van der Waals surface area contributed by atoms with Crippen molar-refractivity contribution in [3.63, 3.8) is 0 Å². The van der Waals surface area contributed by atoms with Crippen LogP contribution >= 0.6 is 0 Å². The summed E-state index contributed by atoms with van der Waals surface area (Å²) in [5.74, 6) is 5.59. The van der Waals surface area contributed by atoms with Crippen LogP contribution < -0.4 is 11.3 Å². The van der Waals surface area contributed by atoms with Crippen LogP contribution in [0.25, 0.3) is 0 Å². The van der Waals surface area contributed by atoms with Gasteiger partial charge < -0.3 is 0 Å². The quantitative estimate of drug-likeness (QED) is 0.460. The zero-order chi connectivity index (χ0) is 11.2. The molecule has 1 aromatic rings. The largest absolute Gasteiger partial charge is 0.271 e. The second-order valence-electron chi connectivity index (χ2n) is 4.20. The molecule has 4 nitrogen and oxygen atoms in total. The summed E-state index contributed by atoms with van der Waals surface area (Å²) in [6.45, 7) is 0. The van der Waals surface area contributed by atoms with Crippen molar-refractivity contribution in [2.24, 2.45) is 5.84 Å². The molecule has 0 spiro atoms. The first kappa shape index (κ1) is 11.2. The van der Waals surface area contributed by atoms with Crippen molar-refractivity contribution < 1.29 is 0 Å². The number of hydrogen-bond acceptors (Lipinski definition) is 4. The molecular formula is C12H18N4. The summed E-state index contributed by atoms with van der Waals surface area (Å²) >= 11 is 0. The summed E-state index contributed by atoms with van der Waals surface area (Å²) in [7, 11) is 0. The number of nitrogens with one attached hydrogen (secondary N) is 1. The van der Waals surface area contributed by atoms with Crippen molar-refractivity contribution in [1.82, 2.24) is 15.4 Å². The maximum Gasteiger partial charge on any atom is 0.115 e. The molecule has 3 N–H and O–H groups in total. The number of hydrogen-bond donors (Lipinski definition) is 2. The first-order chi connectivity index (χ1) is 7.90. The van der Waals surface area contributed by atoms with Crippen molar-refractivity contribution in [2.45, 2.75) is 38.1 Å². The van der Waals surface area contributed by atoms with E-state index in [9.17, 15) is 0 Å². The average molecular weight is 218 g/mol. The lowest BCUT2D eigenvalue weighted by Crippen LogP contribution is -2.28. The Bertz CT molecular complexity index is 347. The molecule has 0 aromatic carbocycles. The molecule has 0 fully saturated rings. The highest BCUT2D eigenvalue weighted by Crippen LogP contribution is 2.26. The van der Waals surface area contributed by atoms with E-state index in [1.807, 2.05) is 12.4 Å². The van der Waals surface area contributed by atoms with E-state index in [4.69, 9.17) is 5.84 Å². The summed E-state index contributed by atoms with van der Waals surface area (Å²) in [5, 5.41) is 0. The summed E-state index contributed by atoms with van der Waals surface area (Å²) in [6, 6.07) is 0.130. The number of allylic oxidation sites excluding steroid dienone is 1. The van der Waals surface area contributed by atoms with Gasteiger partial charge in [-0.25, -0.2) is 9.97 Å². The zero-order valence-electron chi connectivity index (χ0n) is 9.39. The van der Waals surface area contributed by atoms with Crippen LogP contribution in [0.5, 0.6) is 0 Å². The molecule has 1 aromatic heterocycles. The summed E-state index contributed by atoms with van der Waals surface area (Å²) in [6.07, 6.45) is 13.5. The second kappa shape index (κ2) is 5.72. The van der Waals surface area contributed by atoms with Crippen LogP contribution in [0.1, 0.15) is 43.7 Å². The second-order valence-corrected chi connectivity index (χ2v) is 4.20. The van der Waals surface area contributed by atoms with E-state index in [1.54, 1.807) is 0 Å².